The Kier molecular flexibility index (Phi) is 16.7. The van der Waals surface area contributed by atoms with Gasteiger partial charge < -0.3 is 9.47 Å². The number of esters is 2. The minimum Gasteiger partial charge on any atom is -0.458 e. The SMILES string of the molecule is CC(C)=CCCC(C)=CCCC(=CCCC(C)=CCOC(=O)C=Cc1ccccc1)COC(=O)C=Cc1ccccc1. The smallest absolute Gasteiger partial charge is 0.331 e. The molecular weight excluding hydrogens is 520 g/mol. The highest BCUT2D eigenvalue weighted by Gasteiger charge is 2.03. The number of carbonyl (C=O) groups excluding carboxylic acids is 2. The van der Waals surface area contributed by atoms with Crippen LogP contribution >= 0.6 is 0 Å². The molecule has 0 aliphatic heterocycles. The van der Waals surface area contributed by atoms with Gasteiger partial charge in [-0.1, -0.05) is 95.6 Å². The molecule has 0 N–H and O–H groups in total. The van der Waals surface area contributed by atoms with Crippen molar-refractivity contribution in [1.82, 2.24) is 0 Å². The van der Waals surface area contributed by atoms with Gasteiger partial charge in [0, 0.05) is 12.2 Å². The third-order valence-electron chi connectivity index (χ3n) is 6.50. The zero-order chi connectivity index (χ0) is 30.4. The van der Waals surface area contributed by atoms with Crippen LogP contribution in [0.2, 0.25) is 0 Å². The van der Waals surface area contributed by atoms with Crippen LogP contribution in [0.25, 0.3) is 12.2 Å². The number of carbonyl (C=O) groups is 2. The first kappa shape index (κ1) is 34.0. The molecule has 0 aromatic heterocycles. The number of benzene rings is 2. The van der Waals surface area contributed by atoms with Crippen LogP contribution in [0.5, 0.6) is 0 Å². The zero-order valence-corrected chi connectivity index (χ0v) is 25.7. The summed E-state index contributed by atoms with van der Waals surface area (Å²) in [6.45, 7) is 8.98. The van der Waals surface area contributed by atoms with Crippen molar-refractivity contribution in [3.8, 4) is 0 Å². The quantitative estimate of drug-likeness (QED) is 0.109. The van der Waals surface area contributed by atoms with Crippen LogP contribution in [-0.2, 0) is 19.1 Å². The van der Waals surface area contributed by atoms with Crippen molar-refractivity contribution in [2.75, 3.05) is 13.2 Å². The van der Waals surface area contributed by atoms with E-state index in [9.17, 15) is 9.59 Å². The zero-order valence-electron chi connectivity index (χ0n) is 25.7. The fourth-order valence-electron chi connectivity index (χ4n) is 4.02. The number of hydrogen-bond acceptors (Lipinski definition) is 4. The van der Waals surface area contributed by atoms with E-state index in [1.54, 1.807) is 12.2 Å². The van der Waals surface area contributed by atoms with Gasteiger partial charge >= 0.3 is 11.9 Å². The molecule has 0 bridgehead atoms. The van der Waals surface area contributed by atoms with Crippen molar-refractivity contribution in [3.05, 3.63) is 131 Å². The fraction of sp³-hybridized carbons (Fsp3) is 0.316. The minimum atomic E-state index is -0.364. The molecule has 0 fully saturated rings. The largest absolute Gasteiger partial charge is 0.458 e. The van der Waals surface area contributed by atoms with E-state index in [2.05, 4.69) is 39.0 Å². The van der Waals surface area contributed by atoms with E-state index < -0.39 is 0 Å². The second-order valence-corrected chi connectivity index (χ2v) is 10.6. The molecule has 2 aromatic carbocycles. The first-order chi connectivity index (χ1) is 20.3. The Hall–Kier alpha value is -4.18. The molecule has 0 atom stereocenters. The van der Waals surface area contributed by atoms with Crippen LogP contribution in [0.4, 0.5) is 0 Å². The molecule has 0 saturated carbocycles. The van der Waals surface area contributed by atoms with Crippen LogP contribution in [0, 0.1) is 0 Å². The minimum absolute atomic E-state index is 0.239. The van der Waals surface area contributed by atoms with Crippen molar-refractivity contribution in [2.45, 2.75) is 66.2 Å². The van der Waals surface area contributed by atoms with E-state index in [0.717, 1.165) is 60.8 Å². The molecule has 4 heteroatoms. The van der Waals surface area contributed by atoms with E-state index in [1.165, 1.54) is 23.3 Å². The van der Waals surface area contributed by atoms with Gasteiger partial charge in [0.25, 0.3) is 0 Å². The standard InChI is InChI=1S/C38H46O4/c1-31(2)14-11-15-32(3)16-12-22-36(30-42-38(40)27-25-35-20-9-6-10-21-35)23-13-17-33(4)28-29-41-37(39)26-24-34-18-7-5-8-19-34/h5-10,14,16,18-21,23-28H,11-13,15,17,22,29-30H2,1-4H3. The summed E-state index contributed by atoms with van der Waals surface area (Å²) in [7, 11) is 0. The van der Waals surface area contributed by atoms with Crippen LogP contribution in [-0.4, -0.2) is 25.2 Å². The van der Waals surface area contributed by atoms with Gasteiger partial charge in [0.15, 0.2) is 0 Å². The topological polar surface area (TPSA) is 52.6 Å². The van der Waals surface area contributed by atoms with Gasteiger partial charge in [-0.25, -0.2) is 9.59 Å². The summed E-state index contributed by atoms with van der Waals surface area (Å²) in [5, 5.41) is 0. The Morgan fingerprint density at radius 3 is 1.67 bits per heavy atom. The lowest BCUT2D eigenvalue weighted by Crippen LogP contribution is -2.05. The molecule has 222 valence electrons. The molecule has 0 aliphatic carbocycles. The van der Waals surface area contributed by atoms with Crippen LogP contribution in [0.3, 0.4) is 0 Å². The van der Waals surface area contributed by atoms with Gasteiger partial charge in [0.1, 0.15) is 13.2 Å². The normalized spacial score (nSPS) is 12.5. The predicted molar refractivity (Wildman–Crippen MR) is 176 cm³/mol. The van der Waals surface area contributed by atoms with E-state index in [-0.39, 0.29) is 25.2 Å². The molecule has 0 spiro atoms. The predicted octanol–water partition coefficient (Wildman–Crippen LogP) is 9.63. The lowest BCUT2D eigenvalue weighted by molar-refractivity contribution is -0.137. The van der Waals surface area contributed by atoms with Crippen molar-refractivity contribution < 1.29 is 19.1 Å². The molecule has 0 radical (unpaired) electrons. The number of ether oxygens (including phenoxy) is 2. The second-order valence-electron chi connectivity index (χ2n) is 10.6. The number of allylic oxidation sites excluding steroid dienone is 6. The van der Waals surface area contributed by atoms with Crippen molar-refractivity contribution >= 4 is 24.1 Å². The van der Waals surface area contributed by atoms with Crippen molar-refractivity contribution in [1.29, 1.82) is 0 Å². The molecular formula is C38H46O4. The first-order valence-electron chi connectivity index (χ1n) is 14.7. The Balaban J connectivity index is 1.87. The van der Waals surface area contributed by atoms with Gasteiger partial charge in [0.2, 0.25) is 0 Å². The maximum Gasteiger partial charge on any atom is 0.331 e. The summed E-state index contributed by atoms with van der Waals surface area (Å²) < 4.78 is 10.9. The van der Waals surface area contributed by atoms with Crippen LogP contribution in [0.1, 0.15) is 77.3 Å². The number of rotatable bonds is 17. The Morgan fingerprint density at radius 1 is 0.595 bits per heavy atom. The van der Waals surface area contributed by atoms with Gasteiger partial charge in [-0.15, -0.1) is 0 Å². The second kappa shape index (κ2) is 20.7. The van der Waals surface area contributed by atoms with Gasteiger partial charge in [-0.2, -0.15) is 0 Å². The van der Waals surface area contributed by atoms with E-state index in [1.807, 2.05) is 73.7 Å². The van der Waals surface area contributed by atoms with E-state index >= 15 is 0 Å². The maximum atomic E-state index is 12.3. The van der Waals surface area contributed by atoms with Crippen LogP contribution in [0.15, 0.2) is 119 Å². The summed E-state index contributed by atoms with van der Waals surface area (Å²) in [6.07, 6.45) is 20.6. The lowest BCUT2D eigenvalue weighted by Gasteiger charge is -2.08. The van der Waals surface area contributed by atoms with Gasteiger partial charge in [-0.3, -0.25) is 0 Å². The maximum absolute atomic E-state index is 12.3. The van der Waals surface area contributed by atoms with Gasteiger partial charge in [0.05, 0.1) is 0 Å². The third-order valence-corrected chi connectivity index (χ3v) is 6.50. The molecule has 0 aliphatic rings. The molecule has 4 nitrogen and oxygen atoms in total. The molecule has 0 amide bonds. The molecule has 2 aromatic rings. The highest BCUT2D eigenvalue weighted by molar-refractivity contribution is 5.87. The molecule has 0 saturated heterocycles. The summed E-state index contributed by atoms with van der Waals surface area (Å²) in [5.74, 6) is -0.713. The molecule has 42 heavy (non-hydrogen) atoms. The fourth-order valence-corrected chi connectivity index (χ4v) is 4.02. The Morgan fingerprint density at radius 2 is 1.10 bits per heavy atom. The molecule has 0 heterocycles. The number of hydrogen-bond donors (Lipinski definition) is 0. The Labute approximate surface area is 252 Å². The highest BCUT2D eigenvalue weighted by Crippen LogP contribution is 2.15. The summed E-state index contributed by atoms with van der Waals surface area (Å²) in [6, 6.07) is 19.4. The average Bonchev–Trinajstić information content (AvgIpc) is 2.98. The monoisotopic (exact) mass is 566 g/mol. The summed E-state index contributed by atoms with van der Waals surface area (Å²) >= 11 is 0. The van der Waals surface area contributed by atoms with Crippen molar-refractivity contribution in [3.63, 3.8) is 0 Å². The summed E-state index contributed by atoms with van der Waals surface area (Å²) in [4.78, 5) is 24.3. The highest BCUT2D eigenvalue weighted by atomic mass is 16.5. The molecule has 0 unspecified atom stereocenters. The first-order valence-corrected chi connectivity index (χ1v) is 14.7. The van der Waals surface area contributed by atoms with Gasteiger partial charge in [-0.05, 0) is 101 Å². The van der Waals surface area contributed by atoms with E-state index in [0.29, 0.717) is 0 Å². The average molecular weight is 567 g/mol. The Bertz CT molecular complexity index is 1270. The summed E-state index contributed by atoms with van der Waals surface area (Å²) in [5.41, 5.74) is 6.88. The molecule has 2 rings (SSSR count). The van der Waals surface area contributed by atoms with E-state index in [4.69, 9.17) is 9.47 Å². The third kappa shape index (κ3) is 16.8. The lowest BCUT2D eigenvalue weighted by atomic mass is 10.0. The van der Waals surface area contributed by atoms with Crippen LogP contribution < -0.4 is 0 Å². The van der Waals surface area contributed by atoms with Crippen molar-refractivity contribution in [2.24, 2.45) is 0 Å².